The topological polar surface area (TPSA) is 55.4 Å². The molecule has 0 aromatic heterocycles. The Bertz CT molecular complexity index is 598. The zero-order chi connectivity index (χ0) is 19.0. The summed E-state index contributed by atoms with van der Waals surface area (Å²) in [5, 5.41) is 3.26. The van der Waals surface area contributed by atoms with E-state index >= 15 is 0 Å². The van der Waals surface area contributed by atoms with E-state index in [1.165, 1.54) is 35.7 Å². The summed E-state index contributed by atoms with van der Waals surface area (Å²) in [6.07, 6.45) is 5.07. The van der Waals surface area contributed by atoms with Gasteiger partial charge >= 0.3 is 11.9 Å². The van der Waals surface area contributed by atoms with Crippen LogP contribution < -0.4 is 5.32 Å². The number of benzene rings is 1. The molecule has 0 unspecified atom stereocenters. The lowest BCUT2D eigenvalue weighted by molar-refractivity contribution is -0.163. The van der Waals surface area contributed by atoms with Crippen molar-refractivity contribution in [3.8, 4) is 0 Å². The maximum Gasteiger partial charge on any atom is 0.344 e. The fraction of sp³-hybridized carbons (Fsp3) is 0.600. The average molecular weight is 396 g/mol. The number of ether oxygens (including phenoxy) is 1. The summed E-state index contributed by atoms with van der Waals surface area (Å²) in [5.41, 5.74) is 2.52. The molecule has 2 rings (SSSR count). The summed E-state index contributed by atoms with van der Waals surface area (Å²) < 4.78 is 5.13. The molecule has 0 saturated carbocycles. The molecule has 1 fully saturated rings. The van der Waals surface area contributed by atoms with Crippen LogP contribution in [0.2, 0.25) is 0 Å². The monoisotopic (exact) mass is 395 g/mol. The first kappa shape index (κ1) is 21.3. The zero-order valence-corrected chi connectivity index (χ0v) is 17.3. The Morgan fingerprint density at radius 1 is 1.31 bits per heavy atom. The van der Waals surface area contributed by atoms with Crippen LogP contribution in [-0.2, 0) is 26.5 Å². The third kappa shape index (κ3) is 5.76. The van der Waals surface area contributed by atoms with Gasteiger partial charge in [-0.2, -0.15) is 12.6 Å². The summed E-state index contributed by atoms with van der Waals surface area (Å²) >= 11 is 5.61. The molecule has 0 spiro atoms. The number of unbranched alkanes of at least 4 members (excludes halogenated alkanes) is 1. The molecular weight excluding hydrogens is 366 g/mol. The Kier molecular flexibility index (Phi) is 8.51. The van der Waals surface area contributed by atoms with Gasteiger partial charge in [0.25, 0.3) is 0 Å². The predicted molar refractivity (Wildman–Crippen MR) is 110 cm³/mol. The molecule has 1 aromatic carbocycles. The molecule has 1 saturated heterocycles. The standard InChI is InChI=1S/C20H29NO3S2/c1-3-4-6-16-7-9-17(10-8-16)14-26-20(11-5-12-21-20)19(23)24-18(22)15(2)13-25/h7-10,15,21,25H,3-6,11-14H2,1-2H3/t15-,20+/m1/s1. The van der Waals surface area contributed by atoms with Gasteiger partial charge in [-0.25, -0.2) is 4.79 Å². The molecule has 1 aromatic rings. The Balaban J connectivity index is 1.96. The van der Waals surface area contributed by atoms with E-state index in [0.29, 0.717) is 17.9 Å². The normalized spacial score (nSPS) is 20.7. The van der Waals surface area contributed by atoms with Crippen LogP contribution in [0.5, 0.6) is 0 Å². The largest absolute Gasteiger partial charge is 0.391 e. The van der Waals surface area contributed by atoms with Gasteiger partial charge < -0.3 is 4.74 Å². The second-order valence-corrected chi connectivity index (χ2v) is 8.50. The molecule has 1 N–H and O–H groups in total. The van der Waals surface area contributed by atoms with E-state index in [4.69, 9.17) is 4.74 Å². The van der Waals surface area contributed by atoms with E-state index in [1.807, 2.05) is 0 Å². The van der Waals surface area contributed by atoms with Gasteiger partial charge in [-0.15, -0.1) is 11.8 Å². The first-order valence-corrected chi connectivity index (χ1v) is 11.0. The van der Waals surface area contributed by atoms with Gasteiger partial charge in [0.05, 0.1) is 5.92 Å². The van der Waals surface area contributed by atoms with Gasteiger partial charge in [-0.05, 0) is 43.4 Å². The molecule has 4 nitrogen and oxygen atoms in total. The molecule has 1 aliphatic heterocycles. The molecule has 0 radical (unpaired) electrons. The van der Waals surface area contributed by atoms with E-state index in [2.05, 4.69) is 49.1 Å². The van der Waals surface area contributed by atoms with E-state index < -0.39 is 16.8 Å². The van der Waals surface area contributed by atoms with Gasteiger partial charge in [0.15, 0.2) is 4.87 Å². The maximum atomic E-state index is 12.6. The van der Waals surface area contributed by atoms with Gasteiger partial charge in [0, 0.05) is 11.5 Å². The number of thioether (sulfide) groups is 1. The van der Waals surface area contributed by atoms with Crippen molar-refractivity contribution in [2.24, 2.45) is 5.92 Å². The van der Waals surface area contributed by atoms with Crippen molar-refractivity contribution in [2.75, 3.05) is 12.3 Å². The van der Waals surface area contributed by atoms with Crippen molar-refractivity contribution in [1.29, 1.82) is 0 Å². The first-order valence-electron chi connectivity index (χ1n) is 9.34. The Labute approximate surface area is 166 Å². The fourth-order valence-corrected chi connectivity index (χ4v) is 4.22. The van der Waals surface area contributed by atoms with Crippen molar-refractivity contribution in [3.05, 3.63) is 35.4 Å². The molecule has 6 heteroatoms. The summed E-state index contributed by atoms with van der Waals surface area (Å²) in [5.74, 6) is -0.296. The number of carbonyl (C=O) groups is 2. The highest BCUT2D eigenvalue weighted by atomic mass is 32.2. The molecule has 0 aliphatic carbocycles. The lowest BCUT2D eigenvalue weighted by atomic mass is 10.1. The van der Waals surface area contributed by atoms with Crippen molar-refractivity contribution in [3.63, 3.8) is 0 Å². The number of thiol groups is 1. The fourth-order valence-electron chi connectivity index (χ4n) is 2.81. The quantitative estimate of drug-likeness (QED) is 0.376. The number of rotatable bonds is 9. The highest BCUT2D eigenvalue weighted by molar-refractivity contribution is 8.00. The minimum atomic E-state index is -0.827. The molecule has 0 amide bonds. The third-order valence-corrected chi connectivity index (χ3v) is 6.68. The highest BCUT2D eigenvalue weighted by Gasteiger charge is 2.44. The minimum absolute atomic E-state index is 0.365. The van der Waals surface area contributed by atoms with Crippen LogP contribution in [0.25, 0.3) is 0 Å². The number of carbonyl (C=O) groups excluding carboxylic acids is 2. The number of esters is 2. The SMILES string of the molecule is CCCCc1ccc(CS[C@]2(C(=O)OC(=O)[C@H](C)CS)CCCN2)cc1. The Morgan fingerprint density at radius 2 is 2.00 bits per heavy atom. The third-order valence-electron chi connectivity index (χ3n) is 4.64. The molecule has 26 heavy (non-hydrogen) atoms. The molecule has 0 bridgehead atoms. The summed E-state index contributed by atoms with van der Waals surface area (Å²) in [6.45, 7) is 4.67. The maximum absolute atomic E-state index is 12.6. The summed E-state index contributed by atoms with van der Waals surface area (Å²) in [4.78, 5) is 23.8. The number of hydrogen-bond donors (Lipinski definition) is 2. The van der Waals surface area contributed by atoms with Crippen LogP contribution >= 0.6 is 24.4 Å². The van der Waals surface area contributed by atoms with Crippen LogP contribution in [-0.4, -0.2) is 29.1 Å². The lowest BCUT2D eigenvalue weighted by Gasteiger charge is -2.26. The smallest absolute Gasteiger partial charge is 0.344 e. The summed E-state index contributed by atoms with van der Waals surface area (Å²) in [6, 6.07) is 8.58. The first-order chi connectivity index (χ1) is 12.5. The molecule has 1 heterocycles. The zero-order valence-electron chi connectivity index (χ0n) is 15.6. The van der Waals surface area contributed by atoms with Crippen LogP contribution in [0.4, 0.5) is 0 Å². The number of nitrogens with one attached hydrogen (secondary N) is 1. The van der Waals surface area contributed by atoms with E-state index in [9.17, 15) is 9.59 Å². The molecular formula is C20H29NO3S2. The second kappa shape index (κ2) is 10.4. The van der Waals surface area contributed by atoms with Crippen molar-refractivity contribution in [1.82, 2.24) is 5.32 Å². The van der Waals surface area contributed by atoms with E-state index in [0.717, 1.165) is 19.4 Å². The average Bonchev–Trinajstić information content (AvgIpc) is 3.15. The molecule has 2 atom stereocenters. The van der Waals surface area contributed by atoms with Crippen LogP contribution in [0.1, 0.15) is 50.7 Å². The van der Waals surface area contributed by atoms with E-state index in [1.54, 1.807) is 6.92 Å². The number of hydrogen-bond acceptors (Lipinski definition) is 6. The molecule has 144 valence electrons. The van der Waals surface area contributed by atoms with Crippen molar-refractivity contribution >= 4 is 36.3 Å². The van der Waals surface area contributed by atoms with Gasteiger partial charge in [-0.1, -0.05) is 44.5 Å². The number of aryl methyl sites for hydroxylation is 1. The second-order valence-electron chi connectivity index (χ2n) is 6.86. The van der Waals surface area contributed by atoms with Gasteiger partial charge in [0.1, 0.15) is 0 Å². The van der Waals surface area contributed by atoms with Crippen LogP contribution in [0, 0.1) is 5.92 Å². The van der Waals surface area contributed by atoms with Gasteiger partial charge in [0.2, 0.25) is 0 Å². The summed E-state index contributed by atoms with van der Waals surface area (Å²) in [7, 11) is 0. The lowest BCUT2D eigenvalue weighted by Crippen LogP contribution is -2.47. The minimum Gasteiger partial charge on any atom is -0.391 e. The highest BCUT2D eigenvalue weighted by Crippen LogP contribution is 2.35. The van der Waals surface area contributed by atoms with Crippen molar-refractivity contribution in [2.45, 2.75) is 56.6 Å². The van der Waals surface area contributed by atoms with Crippen molar-refractivity contribution < 1.29 is 14.3 Å². The van der Waals surface area contributed by atoms with E-state index in [-0.39, 0.29) is 5.92 Å². The van der Waals surface area contributed by atoms with Gasteiger partial charge in [-0.3, -0.25) is 10.1 Å². The van der Waals surface area contributed by atoms with Crippen LogP contribution in [0.3, 0.4) is 0 Å². The predicted octanol–water partition coefficient (Wildman–Crippen LogP) is 3.98. The Hall–Kier alpha value is -0.980. The molecule has 1 aliphatic rings. The Morgan fingerprint density at radius 3 is 2.58 bits per heavy atom. The van der Waals surface area contributed by atoms with Crippen LogP contribution in [0.15, 0.2) is 24.3 Å².